The smallest absolute Gasteiger partial charge is 0.286 e. The molecule has 2 atom stereocenters. The topological polar surface area (TPSA) is 88.1 Å². The average Bonchev–Trinajstić information content (AvgIpc) is 3.61. The quantitative estimate of drug-likeness (QED) is 0.276. The molecule has 1 saturated heterocycles. The van der Waals surface area contributed by atoms with Crippen LogP contribution < -0.4 is 5.32 Å². The van der Waals surface area contributed by atoms with Crippen LogP contribution in [0.5, 0.6) is 0 Å². The first-order chi connectivity index (χ1) is 20.1. The lowest BCUT2D eigenvalue weighted by molar-refractivity contribution is -0.150. The summed E-state index contributed by atoms with van der Waals surface area (Å²) in [6.07, 6.45) is 5.03. The second kappa shape index (κ2) is 12.3. The average molecular weight is 553 g/mol. The highest BCUT2D eigenvalue weighted by Gasteiger charge is 2.32. The monoisotopic (exact) mass is 552 g/mol. The minimum absolute atomic E-state index is 0.00256. The maximum absolute atomic E-state index is 13.3. The summed E-state index contributed by atoms with van der Waals surface area (Å²) in [5.41, 5.74) is 8.15. The van der Waals surface area contributed by atoms with Crippen LogP contribution in [0.1, 0.15) is 59.4 Å². The highest BCUT2D eigenvalue weighted by atomic mass is 16.7. The number of fused-ring (bicyclic) bond motifs is 3. The summed E-state index contributed by atoms with van der Waals surface area (Å²) >= 11 is 0. The second-order valence-corrected chi connectivity index (χ2v) is 11.0. The Hall–Kier alpha value is -3.94. The standard InChI is InChI=1S/C34H36N2O5/c37-21-23-11-13-24(14-12-23)22-40-33-20-26(28-8-3-9-29-27-7-2-1-6-25(27)18-30(28)29)19-31(41-33)34(39)35-15-5-17-36-16-4-10-32(36)38/h1-3,6-9,11-14,19,26,33,37H,4-5,10,15-18,20-22H2,(H,35,39)/t26-,33+/m0/s1. The Morgan fingerprint density at radius 2 is 1.83 bits per heavy atom. The summed E-state index contributed by atoms with van der Waals surface area (Å²) in [5.74, 6) is 0.158. The molecule has 0 saturated carbocycles. The number of benzene rings is 3. The van der Waals surface area contributed by atoms with Crippen LogP contribution in [-0.4, -0.2) is 47.7 Å². The van der Waals surface area contributed by atoms with Crippen molar-refractivity contribution in [3.05, 3.63) is 106 Å². The van der Waals surface area contributed by atoms with Crippen molar-refractivity contribution < 1.29 is 24.2 Å². The van der Waals surface area contributed by atoms with Gasteiger partial charge in [0.1, 0.15) is 0 Å². The van der Waals surface area contributed by atoms with Crippen LogP contribution in [0.2, 0.25) is 0 Å². The van der Waals surface area contributed by atoms with Gasteiger partial charge in [-0.25, -0.2) is 0 Å². The number of nitrogens with zero attached hydrogens (tertiary/aromatic N) is 1. The number of hydrogen-bond acceptors (Lipinski definition) is 5. The minimum Gasteiger partial charge on any atom is -0.459 e. The minimum atomic E-state index is -0.592. The predicted molar refractivity (Wildman–Crippen MR) is 156 cm³/mol. The molecule has 2 amide bonds. The lowest BCUT2D eigenvalue weighted by atomic mass is 9.87. The molecule has 7 nitrogen and oxygen atoms in total. The third-order valence-corrected chi connectivity index (χ3v) is 8.27. The second-order valence-electron chi connectivity index (χ2n) is 11.0. The normalized spacial score (nSPS) is 19.4. The van der Waals surface area contributed by atoms with E-state index in [1.54, 1.807) is 0 Å². The number of hydrogen-bond donors (Lipinski definition) is 2. The number of ether oxygens (including phenoxy) is 2. The Morgan fingerprint density at radius 1 is 1.02 bits per heavy atom. The van der Waals surface area contributed by atoms with Gasteiger partial charge in [0.25, 0.3) is 5.91 Å². The molecule has 212 valence electrons. The summed E-state index contributed by atoms with van der Waals surface area (Å²) in [6.45, 7) is 2.25. The highest BCUT2D eigenvalue weighted by molar-refractivity contribution is 5.91. The number of nitrogens with one attached hydrogen (secondary N) is 1. The number of amides is 2. The van der Waals surface area contributed by atoms with Crippen LogP contribution in [-0.2, 0) is 38.7 Å². The molecule has 2 aliphatic heterocycles. The molecular formula is C34H36N2O5. The van der Waals surface area contributed by atoms with Gasteiger partial charge < -0.3 is 24.8 Å². The van der Waals surface area contributed by atoms with Crippen molar-refractivity contribution in [1.29, 1.82) is 0 Å². The molecule has 0 spiro atoms. The molecule has 0 unspecified atom stereocenters. The lowest BCUT2D eigenvalue weighted by Crippen LogP contribution is -2.35. The number of aliphatic hydroxyl groups excluding tert-OH is 1. The van der Waals surface area contributed by atoms with Crippen molar-refractivity contribution in [2.75, 3.05) is 19.6 Å². The lowest BCUT2D eigenvalue weighted by Gasteiger charge is -2.30. The fourth-order valence-corrected chi connectivity index (χ4v) is 6.09. The molecule has 0 radical (unpaired) electrons. The van der Waals surface area contributed by atoms with Crippen molar-refractivity contribution >= 4 is 11.8 Å². The van der Waals surface area contributed by atoms with Crippen LogP contribution in [0.3, 0.4) is 0 Å². The molecule has 1 fully saturated rings. The van der Waals surface area contributed by atoms with Crippen molar-refractivity contribution in [1.82, 2.24) is 10.2 Å². The van der Waals surface area contributed by atoms with E-state index in [1.165, 1.54) is 27.8 Å². The van der Waals surface area contributed by atoms with Gasteiger partial charge >= 0.3 is 0 Å². The Balaban J connectivity index is 1.18. The summed E-state index contributed by atoms with van der Waals surface area (Å²) in [7, 11) is 0. The van der Waals surface area contributed by atoms with Gasteiger partial charge in [-0.05, 0) is 64.3 Å². The SMILES string of the molecule is O=C(NCCCN1CCCC1=O)C1=C[C@H](c2cccc3c2Cc2ccccc2-3)C[C@H](OCc2ccc(CO)cc2)O1. The van der Waals surface area contributed by atoms with Crippen LogP contribution in [0.15, 0.2) is 78.6 Å². The number of aliphatic hydroxyl groups is 1. The molecule has 3 aromatic carbocycles. The molecule has 2 heterocycles. The molecular weight excluding hydrogens is 516 g/mol. The summed E-state index contributed by atoms with van der Waals surface area (Å²) in [4.78, 5) is 27.0. The number of carbonyl (C=O) groups excluding carboxylic acids is 2. The van der Waals surface area contributed by atoms with E-state index in [0.29, 0.717) is 39.0 Å². The fraction of sp³-hybridized carbons (Fsp3) is 0.353. The van der Waals surface area contributed by atoms with Crippen molar-refractivity contribution in [3.8, 4) is 11.1 Å². The van der Waals surface area contributed by atoms with Gasteiger partial charge in [-0.3, -0.25) is 9.59 Å². The summed E-state index contributed by atoms with van der Waals surface area (Å²) < 4.78 is 12.3. The molecule has 3 aromatic rings. The van der Waals surface area contributed by atoms with Gasteiger partial charge in [0.05, 0.1) is 13.2 Å². The number of rotatable bonds is 10. The number of carbonyl (C=O) groups is 2. The molecule has 2 N–H and O–H groups in total. The van der Waals surface area contributed by atoms with Gasteiger partial charge in [-0.15, -0.1) is 0 Å². The van der Waals surface area contributed by atoms with Gasteiger partial charge in [0, 0.05) is 38.4 Å². The molecule has 41 heavy (non-hydrogen) atoms. The first-order valence-corrected chi connectivity index (χ1v) is 14.5. The van der Waals surface area contributed by atoms with Crippen LogP contribution in [0.25, 0.3) is 11.1 Å². The zero-order chi connectivity index (χ0) is 28.2. The van der Waals surface area contributed by atoms with Gasteiger partial charge in [0.15, 0.2) is 5.76 Å². The van der Waals surface area contributed by atoms with Gasteiger partial charge in [-0.2, -0.15) is 0 Å². The van der Waals surface area contributed by atoms with Crippen LogP contribution in [0, 0.1) is 0 Å². The van der Waals surface area contributed by atoms with Crippen molar-refractivity contribution in [2.45, 2.75) is 57.5 Å². The molecule has 6 rings (SSSR count). The summed E-state index contributed by atoms with van der Waals surface area (Å²) in [6, 6.07) is 22.6. The zero-order valence-corrected chi connectivity index (χ0v) is 23.2. The Kier molecular flexibility index (Phi) is 8.16. The fourth-order valence-electron chi connectivity index (χ4n) is 6.09. The maximum atomic E-state index is 13.3. The molecule has 0 bridgehead atoms. The van der Waals surface area contributed by atoms with E-state index in [1.807, 2.05) is 35.2 Å². The third-order valence-electron chi connectivity index (χ3n) is 8.27. The number of allylic oxidation sites excluding steroid dienone is 1. The Morgan fingerprint density at radius 3 is 2.63 bits per heavy atom. The van der Waals surface area contributed by atoms with Crippen molar-refractivity contribution in [3.63, 3.8) is 0 Å². The molecule has 3 aliphatic rings. The first kappa shape index (κ1) is 27.2. The van der Waals surface area contributed by atoms with Gasteiger partial charge in [-0.1, -0.05) is 66.7 Å². The van der Waals surface area contributed by atoms with E-state index in [4.69, 9.17) is 9.47 Å². The molecule has 1 aliphatic carbocycles. The van der Waals surface area contributed by atoms with E-state index in [-0.39, 0.29) is 30.1 Å². The van der Waals surface area contributed by atoms with Gasteiger partial charge in [0.2, 0.25) is 12.2 Å². The number of likely N-dealkylation sites (tertiary alicyclic amines) is 1. The van der Waals surface area contributed by atoms with Crippen LogP contribution in [0.4, 0.5) is 0 Å². The highest BCUT2D eigenvalue weighted by Crippen LogP contribution is 2.43. The van der Waals surface area contributed by atoms with Crippen LogP contribution >= 0.6 is 0 Å². The largest absolute Gasteiger partial charge is 0.459 e. The van der Waals surface area contributed by atoms with E-state index in [9.17, 15) is 14.7 Å². The van der Waals surface area contributed by atoms with E-state index < -0.39 is 6.29 Å². The Labute approximate surface area is 240 Å². The first-order valence-electron chi connectivity index (χ1n) is 14.5. The van der Waals surface area contributed by atoms with Crippen molar-refractivity contribution in [2.24, 2.45) is 0 Å². The predicted octanol–water partition coefficient (Wildman–Crippen LogP) is 4.81. The maximum Gasteiger partial charge on any atom is 0.286 e. The Bertz CT molecular complexity index is 1450. The summed E-state index contributed by atoms with van der Waals surface area (Å²) in [5, 5.41) is 12.3. The molecule has 7 heteroatoms. The molecule has 0 aromatic heterocycles. The third kappa shape index (κ3) is 6.06. The van der Waals surface area contributed by atoms with E-state index >= 15 is 0 Å². The van der Waals surface area contributed by atoms with E-state index in [2.05, 4.69) is 47.8 Å². The van der Waals surface area contributed by atoms with E-state index in [0.717, 1.165) is 30.5 Å². The zero-order valence-electron chi connectivity index (χ0n) is 23.2.